The number of esters is 1. The van der Waals surface area contributed by atoms with E-state index in [0.29, 0.717) is 32.3 Å². The predicted molar refractivity (Wildman–Crippen MR) is 273 cm³/mol. The van der Waals surface area contributed by atoms with Crippen molar-refractivity contribution < 1.29 is 49.3 Å². The lowest BCUT2D eigenvalue weighted by Crippen LogP contribution is -2.60. The van der Waals surface area contributed by atoms with Gasteiger partial charge in [-0.3, -0.25) is 9.59 Å². The number of ether oxygens (including phenoxy) is 3. The maximum atomic E-state index is 12.9. The van der Waals surface area contributed by atoms with Crippen LogP contribution in [-0.4, -0.2) is 100 Å². The molecular formula is C56H97NO10. The number of carbonyl (C=O) groups is 2. The summed E-state index contributed by atoms with van der Waals surface area (Å²) < 4.78 is 16.6. The highest BCUT2D eigenvalue weighted by Crippen LogP contribution is 2.22. The van der Waals surface area contributed by atoms with Crippen LogP contribution < -0.4 is 5.32 Å². The third kappa shape index (κ3) is 35.8. The third-order valence-electron chi connectivity index (χ3n) is 12.1. The summed E-state index contributed by atoms with van der Waals surface area (Å²) in [5.41, 5.74) is 0. The molecule has 1 rings (SSSR count). The third-order valence-corrected chi connectivity index (χ3v) is 12.1. The SMILES string of the molecule is C/C=C/CC/C=C/CC/C=C/C(O)C(COC1OC(CO)C(O)C(O)C1O)NC(=O)CCCCCCCC/C=C\C=C/CCCCCOC(=O)CCCCCCC/C=C\CCCCCCCC. The number of hydrogen-bond donors (Lipinski definition) is 6. The van der Waals surface area contributed by atoms with Crippen LogP contribution in [0.1, 0.15) is 206 Å². The van der Waals surface area contributed by atoms with Crippen LogP contribution in [0.25, 0.3) is 0 Å². The molecule has 0 bridgehead atoms. The molecule has 6 N–H and O–H groups in total. The number of unbranched alkanes of at least 4 members (excludes halogenated alkanes) is 22. The van der Waals surface area contributed by atoms with Gasteiger partial charge in [-0.05, 0) is 110 Å². The van der Waals surface area contributed by atoms with Gasteiger partial charge < -0.3 is 45.1 Å². The minimum atomic E-state index is -1.59. The van der Waals surface area contributed by atoms with Crippen molar-refractivity contribution in [3.05, 3.63) is 72.9 Å². The van der Waals surface area contributed by atoms with E-state index in [2.05, 4.69) is 66.9 Å². The summed E-state index contributed by atoms with van der Waals surface area (Å²) in [6.45, 7) is 3.98. The van der Waals surface area contributed by atoms with Crippen LogP contribution in [0, 0.1) is 0 Å². The first-order valence-corrected chi connectivity index (χ1v) is 26.7. The minimum Gasteiger partial charge on any atom is -0.466 e. The van der Waals surface area contributed by atoms with E-state index in [0.717, 1.165) is 96.3 Å². The van der Waals surface area contributed by atoms with Crippen LogP contribution in [-0.2, 0) is 23.8 Å². The second-order valence-corrected chi connectivity index (χ2v) is 18.2. The predicted octanol–water partition coefficient (Wildman–Crippen LogP) is 11.3. The lowest BCUT2D eigenvalue weighted by atomic mass is 9.99. The molecule has 0 aliphatic carbocycles. The van der Waals surface area contributed by atoms with E-state index in [-0.39, 0.29) is 18.5 Å². The molecule has 1 amide bonds. The zero-order valence-corrected chi connectivity index (χ0v) is 42.1. The Hall–Kier alpha value is -2.90. The largest absolute Gasteiger partial charge is 0.466 e. The summed E-state index contributed by atoms with van der Waals surface area (Å²) in [5.74, 6) is -0.277. The molecule has 1 aliphatic rings. The first-order valence-electron chi connectivity index (χ1n) is 26.7. The van der Waals surface area contributed by atoms with Crippen molar-refractivity contribution in [3.8, 4) is 0 Å². The monoisotopic (exact) mass is 944 g/mol. The van der Waals surface area contributed by atoms with Crippen molar-refractivity contribution in [3.63, 3.8) is 0 Å². The molecule has 11 nitrogen and oxygen atoms in total. The highest BCUT2D eigenvalue weighted by molar-refractivity contribution is 5.76. The fourth-order valence-corrected chi connectivity index (χ4v) is 7.81. The van der Waals surface area contributed by atoms with Gasteiger partial charge in [-0.15, -0.1) is 0 Å². The van der Waals surface area contributed by atoms with Crippen LogP contribution in [0.4, 0.5) is 0 Å². The average Bonchev–Trinajstić information content (AvgIpc) is 3.32. The first kappa shape index (κ1) is 62.1. The maximum absolute atomic E-state index is 12.9. The Bertz CT molecular complexity index is 1340. The van der Waals surface area contributed by atoms with Gasteiger partial charge in [0.2, 0.25) is 5.91 Å². The van der Waals surface area contributed by atoms with Crippen molar-refractivity contribution in [1.29, 1.82) is 0 Å². The van der Waals surface area contributed by atoms with E-state index in [9.17, 15) is 35.1 Å². The van der Waals surface area contributed by atoms with E-state index in [1.807, 2.05) is 19.1 Å². The smallest absolute Gasteiger partial charge is 0.305 e. The van der Waals surface area contributed by atoms with E-state index in [1.165, 1.54) is 70.6 Å². The fourth-order valence-electron chi connectivity index (χ4n) is 7.81. The van der Waals surface area contributed by atoms with Crippen LogP contribution in [0.5, 0.6) is 0 Å². The zero-order valence-electron chi connectivity index (χ0n) is 42.1. The molecule has 7 atom stereocenters. The Morgan fingerprint density at radius 3 is 1.66 bits per heavy atom. The molecule has 0 aromatic carbocycles. The number of allylic oxidation sites excluding steroid dienone is 11. The Labute approximate surface area is 407 Å². The Kier molecular flexibility index (Phi) is 42.2. The van der Waals surface area contributed by atoms with Gasteiger partial charge in [0.15, 0.2) is 6.29 Å². The number of amides is 1. The molecule has 1 fully saturated rings. The Morgan fingerprint density at radius 1 is 0.582 bits per heavy atom. The molecule has 0 aromatic rings. The van der Waals surface area contributed by atoms with Crippen LogP contribution in [0.2, 0.25) is 0 Å². The molecule has 0 saturated carbocycles. The highest BCUT2D eigenvalue weighted by atomic mass is 16.7. The number of aliphatic hydroxyl groups is 5. The van der Waals surface area contributed by atoms with Crippen molar-refractivity contribution in [2.45, 2.75) is 249 Å². The standard InChI is InChI=1S/C56H97NO10/c1-3-5-7-9-11-13-14-15-17-21-24-28-32-36-40-44-52(61)65-45-41-37-33-29-25-22-19-16-18-20-23-27-31-35-39-43-51(60)57-48(49(59)42-38-34-30-26-12-10-8-6-4-2)47-66-56-55(64)54(63)53(62)50(46-58)67-56/h4,6,12,15-17,19,22,25-26,38,42,48-50,53-56,58-59,62-64H,3,5,7-11,13-14,18,20-21,23-24,27-37,39-41,43-47H2,1-2H3,(H,57,60)/b6-4+,17-15-,19-16-,25-22-,26-12+,42-38+. The zero-order chi connectivity index (χ0) is 48.8. The van der Waals surface area contributed by atoms with E-state index >= 15 is 0 Å². The molecule has 0 radical (unpaired) electrons. The number of rotatable bonds is 44. The van der Waals surface area contributed by atoms with Crippen LogP contribution >= 0.6 is 0 Å². The Balaban J connectivity index is 2.14. The van der Waals surface area contributed by atoms with Crippen molar-refractivity contribution >= 4 is 11.9 Å². The normalized spacial score (nSPS) is 20.1. The highest BCUT2D eigenvalue weighted by Gasteiger charge is 2.44. The molecule has 386 valence electrons. The summed E-state index contributed by atoms with van der Waals surface area (Å²) in [5, 5.41) is 54.0. The van der Waals surface area contributed by atoms with Crippen molar-refractivity contribution in [2.75, 3.05) is 19.8 Å². The molecule has 0 spiro atoms. The molecule has 67 heavy (non-hydrogen) atoms. The lowest BCUT2D eigenvalue weighted by molar-refractivity contribution is -0.302. The fraction of sp³-hybridized carbons (Fsp3) is 0.750. The van der Waals surface area contributed by atoms with E-state index in [4.69, 9.17) is 14.2 Å². The van der Waals surface area contributed by atoms with Gasteiger partial charge in [-0.1, -0.05) is 157 Å². The molecule has 0 aromatic heterocycles. The van der Waals surface area contributed by atoms with Crippen LogP contribution in [0.3, 0.4) is 0 Å². The number of aliphatic hydroxyl groups excluding tert-OH is 5. The molecule has 7 unspecified atom stereocenters. The van der Waals surface area contributed by atoms with Gasteiger partial charge in [0.25, 0.3) is 0 Å². The Morgan fingerprint density at radius 2 is 1.07 bits per heavy atom. The average molecular weight is 944 g/mol. The van der Waals surface area contributed by atoms with Gasteiger partial charge in [0.05, 0.1) is 32.0 Å². The van der Waals surface area contributed by atoms with Gasteiger partial charge >= 0.3 is 5.97 Å². The second kappa shape index (κ2) is 45.5. The summed E-state index contributed by atoms with van der Waals surface area (Å²) in [6, 6.07) is -0.851. The number of nitrogens with one attached hydrogen (secondary N) is 1. The molecule has 1 heterocycles. The van der Waals surface area contributed by atoms with Crippen LogP contribution in [0.15, 0.2) is 72.9 Å². The van der Waals surface area contributed by atoms with E-state index < -0.39 is 49.5 Å². The summed E-state index contributed by atoms with van der Waals surface area (Å²) in [7, 11) is 0. The van der Waals surface area contributed by atoms with Gasteiger partial charge in [-0.25, -0.2) is 0 Å². The van der Waals surface area contributed by atoms with Gasteiger partial charge in [-0.2, -0.15) is 0 Å². The molecular weight excluding hydrogens is 847 g/mol. The van der Waals surface area contributed by atoms with Crippen molar-refractivity contribution in [1.82, 2.24) is 5.32 Å². The lowest BCUT2D eigenvalue weighted by Gasteiger charge is -2.40. The maximum Gasteiger partial charge on any atom is 0.305 e. The topological polar surface area (TPSA) is 175 Å². The van der Waals surface area contributed by atoms with Crippen molar-refractivity contribution in [2.24, 2.45) is 0 Å². The van der Waals surface area contributed by atoms with E-state index in [1.54, 1.807) is 6.08 Å². The van der Waals surface area contributed by atoms with Gasteiger partial charge in [0, 0.05) is 12.8 Å². The number of carbonyl (C=O) groups excluding carboxylic acids is 2. The summed E-state index contributed by atoms with van der Waals surface area (Å²) in [6.07, 6.45) is 48.7. The van der Waals surface area contributed by atoms with Gasteiger partial charge in [0.1, 0.15) is 24.4 Å². The molecule has 11 heteroatoms. The summed E-state index contributed by atoms with van der Waals surface area (Å²) in [4.78, 5) is 25.0. The number of hydrogen-bond acceptors (Lipinski definition) is 10. The molecule has 1 aliphatic heterocycles. The summed E-state index contributed by atoms with van der Waals surface area (Å²) >= 11 is 0. The molecule has 1 saturated heterocycles. The second-order valence-electron chi connectivity index (χ2n) is 18.2. The minimum absolute atomic E-state index is 0.0521. The first-order chi connectivity index (χ1) is 32.7. The quantitative estimate of drug-likeness (QED) is 0.0149.